The third-order valence-electron chi connectivity index (χ3n) is 6.52. The van der Waals surface area contributed by atoms with Crippen molar-refractivity contribution in [2.45, 2.75) is 45.8 Å². The lowest BCUT2D eigenvalue weighted by molar-refractivity contribution is -0.140. The van der Waals surface area contributed by atoms with E-state index in [9.17, 15) is 18.0 Å². The van der Waals surface area contributed by atoms with Crippen molar-refractivity contribution in [1.82, 2.24) is 10.2 Å². The van der Waals surface area contributed by atoms with Crippen LogP contribution in [-0.2, 0) is 32.6 Å². The summed E-state index contributed by atoms with van der Waals surface area (Å²) in [5.41, 5.74) is 1.98. The number of benzene rings is 3. The molecule has 0 bridgehead atoms. The largest absolute Gasteiger partial charge is 0.454 e. The number of amides is 2. The zero-order valence-corrected chi connectivity index (χ0v) is 23.8. The van der Waals surface area contributed by atoms with E-state index in [-0.39, 0.29) is 43.1 Å². The first-order chi connectivity index (χ1) is 19.2. The van der Waals surface area contributed by atoms with Crippen LogP contribution in [0.4, 0.5) is 5.69 Å². The SMILES string of the molecule is CCS(=O)(=O)N(CC(=O)N(Cc1ccccc1)C(Cc1ccccc1)C(=O)NC(C)C)c1ccc2c(c1)OCO2. The topological polar surface area (TPSA) is 105 Å². The Hall–Kier alpha value is -4.05. The van der Waals surface area contributed by atoms with Gasteiger partial charge in [-0.1, -0.05) is 60.7 Å². The monoisotopic (exact) mass is 565 g/mol. The van der Waals surface area contributed by atoms with E-state index in [1.165, 1.54) is 11.8 Å². The highest BCUT2D eigenvalue weighted by Crippen LogP contribution is 2.36. The van der Waals surface area contributed by atoms with Gasteiger partial charge >= 0.3 is 0 Å². The molecule has 0 aromatic heterocycles. The molecule has 212 valence electrons. The van der Waals surface area contributed by atoms with E-state index in [1.54, 1.807) is 18.2 Å². The van der Waals surface area contributed by atoms with Crippen LogP contribution in [0.1, 0.15) is 31.9 Å². The molecular formula is C30H35N3O6S. The van der Waals surface area contributed by atoms with Crippen molar-refractivity contribution in [3.05, 3.63) is 90.0 Å². The Morgan fingerprint density at radius 1 is 0.900 bits per heavy atom. The second kappa shape index (κ2) is 12.9. The first-order valence-electron chi connectivity index (χ1n) is 13.3. The molecule has 2 amide bonds. The second-order valence-electron chi connectivity index (χ2n) is 9.82. The molecule has 3 aromatic carbocycles. The molecule has 0 fully saturated rings. The van der Waals surface area contributed by atoms with Crippen LogP contribution in [0.25, 0.3) is 0 Å². The molecule has 10 heteroatoms. The van der Waals surface area contributed by atoms with Crippen LogP contribution in [0.2, 0.25) is 0 Å². The first-order valence-corrected chi connectivity index (χ1v) is 14.9. The van der Waals surface area contributed by atoms with Crippen LogP contribution in [0.5, 0.6) is 11.5 Å². The highest BCUT2D eigenvalue weighted by atomic mass is 32.2. The van der Waals surface area contributed by atoms with E-state index in [0.29, 0.717) is 11.5 Å². The molecule has 1 heterocycles. The predicted molar refractivity (Wildman–Crippen MR) is 154 cm³/mol. The third kappa shape index (κ3) is 7.12. The summed E-state index contributed by atoms with van der Waals surface area (Å²) in [6.07, 6.45) is 0.266. The second-order valence-corrected chi connectivity index (χ2v) is 12.0. The maximum absolute atomic E-state index is 14.1. The number of fused-ring (bicyclic) bond motifs is 1. The predicted octanol–water partition coefficient (Wildman–Crippen LogP) is 3.74. The number of nitrogens with zero attached hydrogens (tertiary/aromatic N) is 2. The Labute approximate surface area is 235 Å². The van der Waals surface area contributed by atoms with Crippen LogP contribution in [0, 0.1) is 0 Å². The van der Waals surface area contributed by atoms with Gasteiger partial charge in [0.15, 0.2) is 11.5 Å². The fourth-order valence-corrected chi connectivity index (χ4v) is 5.53. The summed E-state index contributed by atoms with van der Waals surface area (Å²) >= 11 is 0. The van der Waals surface area contributed by atoms with Crippen LogP contribution >= 0.6 is 0 Å². The fraction of sp³-hybridized carbons (Fsp3) is 0.333. The van der Waals surface area contributed by atoms with E-state index in [4.69, 9.17) is 9.47 Å². The van der Waals surface area contributed by atoms with Crippen molar-refractivity contribution in [1.29, 1.82) is 0 Å². The number of nitrogens with one attached hydrogen (secondary N) is 1. The van der Waals surface area contributed by atoms with Crippen molar-refractivity contribution < 1.29 is 27.5 Å². The van der Waals surface area contributed by atoms with Crippen molar-refractivity contribution >= 4 is 27.5 Å². The fourth-order valence-electron chi connectivity index (χ4n) is 4.47. The summed E-state index contributed by atoms with van der Waals surface area (Å²) in [6, 6.07) is 22.5. The normalized spacial score (nSPS) is 13.1. The van der Waals surface area contributed by atoms with Crippen molar-refractivity contribution in [2.75, 3.05) is 23.4 Å². The van der Waals surface area contributed by atoms with Crippen molar-refractivity contribution in [2.24, 2.45) is 0 Å². The summed E-state index contributed by atoms with van der Waals surface area (Å²) in [7, 11) is -3.87. The smallest absolute Gasteiger partial charge is 0.244 e. The van der Waals surface area contributed by atoms with Crippen LogP contribution in [0.3, 0.4) is 0 Å². The van der Waals surface area contributed by atoms with E-state index in [0.717, 1.165) is 15.4 Å². The molecule has 1 N–H and O–H groups in total. The van der Waals surface area contributed by atoms with Gasteiger partial charge in [-0.2, -0.15) is 0 Å². The molecule has 1 unspecified atom stereocenters. The van der Waals surface area contributed by atoms with E-state index in [1.807, 2.05) is 74.5 Å². The van der Waals surface area contributed by atoms with Gasteiger partial charge < -0.3 is 19.7 Å². The molecule has 40 heavy (non-hydrogen) atoms. The summed E-state index contributed by atoms with van der Waals surface area (Å²) in [6.45, 7) is 4.92. The molecular weight excluding hydrogens is 530 g/mol. The van der Waals surface area contributed by atoms with E-state index in [2.05, 4.69) is 5.32 Å². The summed E-state index contributed by atoms with van der Waals surface area (Å²) in [4.78, 5) is 29.2. The molecule has 3 aromatic rings. The zero-order valence-electron chi connectivity index (χ0n) is 22.9. The van der Waals surface area contributed by atoms with Crippen molar-refractivity contribution in [3.63, 3.8) is 0 Å². The van der Waals surface area contributed by atoms with Gasteiger partial charge in [-0.25, -0.2) is 8.42 Å². The Morgan fingerprint density at radius 2 is 1.52 bits per heavy atom. The Balaban J connectivity index is 1.73. The van der Waals surface area contributed by atoms with E-state index < -0.39 is 28.5 Å². The molecule has 0 spiro atoms. The highest BCUT2D eigenvalue weighted by Gasteiger charge is 2.34. The lowest BCUT2D eigenvalue weighted by atomic mass is 10.0. The number of carbonyl (C=O) groups excluding carboxylic acids is 2. The summed E-state index contributed by atoms with van der Waals surface area (Å²) in [5.74, 6) is -0.118. The summed E-state index contributed by atoms with van der Waals surface area (Å²) < 4.78 is 38.4. The molecule has 1 atom stereocenters. The molecule has 9 nitrogen and oxygen atoms in total. The number of sulfonamides is 1. The lowest BCUT2D eigenvalue weighted by Crippen LogP contribution is -2.54. The van der Waals surface area contributed by atoms with Gasteiger partial charge in [0, 0.05) is 25.1 Å². The minimum absolute atomic E-state index is 0.0369. The van der Waals surface area contributed by atoms with Crippen LogP contribution in [-0.4, -0.2) is 56.3 Å². The molecule has 4 rings (SSSR count). The number of rotatable bonds is 12. The van der Waals surface area contributed by atoms with Crippen LogP contribution < -0.4 is 19.1 Å². The average Bonchev–Trinajstić information content (AvgIpc) is 3.42. The van der Waals surface area contributed by atoms with Crippen molar-refractivity contribution in [3.8, 4) is 11.5 Å². The molecule has 0 radical (unpaired) electrons. The Morgan fingerprint density at radius 3 is 2.15 bits per heavy atom. The standard InChI is InChI=1S/C30H35N3O6S/c1-4-40(36,37)33(25-15-16-27-28(18-25)39-21-38-27)20-29(34)32(19-24-13-9-6-10-14-24)26(30(35)31-22(2)3)17-23-11-7-5-8-12-23/h5-16,18,22,26H,4,17,19-21H2,1-3H3,(H,31,35). The number of hydrogen-bond donors (Lipinski definition) is 1. The zero-order chi connectivity index (χ0) is 28.7. The Bertz CT molecular complexity index is 1410. The molecule has 0 aliphatic carbocycles. The van der Waals surface area contributed by atoms with Gasteiger partial charge in [0.05, 0.1) is 11.4 Å². The maximum Gasteiger partial charge on any atom is 0.244 e. The maximum atomic E-state index is 14.1. The molecule has 1 aliphatic heterocycles. The molecule has 0 saturated heterocycles. The summed E-state index contributed by atoms with van der Waals surface area (Å²) in [5, 5.41) is 2.94. The van der Waals surface area contributed by atoms with Gasteiger partial charge in [0.2, 0.25) is 28.6 Å². The highest BCUT2D eigenvalue weighted by molar-refractivity contribution is 7.92. The van der Waals surface area contributed by atoms with Gasteiger partial charge in [-0.05, 0) is 44.0 Å². The molecule has 0 saturated carbocycles. The quantitative estimate of drug-likeness (QED) is 0.359. The number of hydrogen-bond acceptors (Lipinski definition) is 6. The number of ether oxygens (including phenoxy) is 2. The van der Waals surface area contributed by atoms with Gasteiger partial charge in [0.25, 0.3) is 0 Å². The Kier molecular flexibility index (Phi) is 9.31. The first kappa shape index (κ1) is 28.9. The van der Waals surface area contributed by atoms with E-state index >= 15 is 0 Å². The van der Waals surface area contributed by atoms with Gasteiger partial charge in [-0.3, -0.25) is 13.9 Å². The van der Waals surface area contributed by atoms with Gasteiger partial charge in [-0.15, -0.1) is 0 Å². The third-order valence-corrected chi connectivity index (χ3v) is 8.26. The minimum Gasteiger partial charge on any atom is -0.454 e. The molecule has 1 aliphatic rings. The van der Waals surface area contributed by atoms with Gasteiger partial charge in [0.1, 0.15) is 12.6 Å². The lowest BCUT2D eigenvalue weighted by Gasteiger charge is -2.34. The number of carbonyl (C=O) groups is 2. The minimum atomic E-state index is -3.87. The van der Waals surface area contributed by atoms with Crippen LogP contribution in [0.15, 0.2) is 78.9 Å². The average molecular weight is 566 g/mol. The number of anilines is 1.